The predicted octanol–water partition coefficient (Wildman–Crippen LogP) is 0.742. The van der Waals surface area contributed by atoms with Crippen molar-refractivity contribution in [3.8, 4) is 11.5 Å². The molecule has 0 bridgehead atoms. The van der Waals surface area contributed by atoms with Gasteiger partial charge in [-0.3, -0.25) is 14.5 Å². The molecule has 3 atom stereocenters. The minimum Gasteiger partial charge on any atom is -0.497 e. The van der Waals surface area contributed by atoms with Gasteiger partial charge < -0.3 is 14.6 Å². The molecule has 2 amide bonds. The van der Waals surface area contributed by atoms with Crippen molar-refractivity contribution in [3.05, 3.63) is 23.8 Å². The summed E-state index contributed by atoms with van der Waals surface area (Å²) in [6.07, 6.45) is -0.313. The van der Waals surface area contributed by atoms with Gasteiger partial charge in [-0.1, -0.05) is 0 Å². The second kappa shape index (κ2) is 5.04. The first-order valence-corrected chi connectivity index (χ1v) is 6.82. The Labute approximate surface area is 122 Å². The van der Waals surface area contributed by atoms with E-state index in [0.29, 0.717) is 23.5 Å². The molecule has 2 aliphatic rings. The molecule has 6 heteroatoms. The van der Waals surface area contributed by atoms with Gasteiger partial charge in [0.15, 0.2) is 0 Å². The topological polar surface area (TPSA) is 76.1 Å². The van der Waals surface area contributed by atoms with Crippen LogP contribution in [0.15, 0.2) is 18.2 Å². The summed E-state index contributed by atoms with van der Waals surface area (Å²) in [5, 5.41) is 10.3. The van der Waals surface area contributed by atoms with Crippen molar-refractivity contribution >= 4 is 11.8 Å². The van der Waals surface area contributed by atoms with E-state index in [1.54, 1.807) is 25.3 Å². The van der Waals surface area contributed by atoms with Gasteiger partial charge in [-0.05, 0) is 18.6 Å². The van der Waals surface area contributed by atoms with E-state index >= 15 is 0 Å². The summed E-state index contributed by atoms with van der Waals surface area (Å²) in [6, 6.07) is 5.03. The Kier molecular flexibility index (Phi) is 3.33. The van der Waals surface area contributed by atoms with Crippen LogP contribution in [0.4, 0.5) is 0 Å². The molecule has 0 radical (unpaired) electrons. The number of carbonyl (C=O) groups excluding carboxylic acids is 2. The van der Waals surface area contributed by atoms with Crippen LogP contribution in [0, 0.1) is 11.8 Å². The maximum absolute atomic E-state index is 11.9. The largest absolute Gasteiger partial charge is 0.497 e. The summed E-state index contributed by atoms with van der Waals surface area (Å²) in [6.45, 7) is -0.0344. The number of methoxy groups -OCH3 is 2. The third-order valence-corrected chi connectivity index (χ3v) is 4.11. The van der Waals surface area contributed by atoms with Gasteiger partial charge >= 0.3 is 0 Å². The number of imide groups is 1. The summed E-state index contributed by atoms with van der Waals surface area (Å²) < 4.78 is 10.3. The normalized spacial score (nSPS) is 24.8. The average Bonchev–Trinajstić information content (AvgIpc) is 3.26. The van der Waals surface area contributed by atoms with Crippen molar-refractivity contribution in [1.82, 2.24) is 4.90 Å². The van der Waals surface area contributed by atoms with Gasteiger partial charge in [0.1, 0.15) is 17.6 Å². The summed E-state index contributed by atoms with van der Waals surface area (Å²) in [5.41, 5.74) is 0.527. The fraction of sp³-hybridized carbons (Fsp3) is 0.467. The van der Waals surface area contributed by atoms with Gasteiger partial charge in [-0.2, -0.15) is 0 Å². The monoisotopic (exact) mass is 291 g/mol. The number of hydrogen-bond donors (Lipinski definition) is 1. The molecule has 0 spiro atoms. The number of hydrogen-bond acceptors (Lipinski definition) is 5. The standard InChI is InChI=1S/C15H17NO5/c1-20-8-3-4-9(13(5-8)21-2)12(17)7-16-14(18)10-6-11(10)15(16)19/h3-5,10-12,17H,6-7H2,1-2H3. The molecular weight excluding hydrogens is 274 g/mol. The number of aliphatic hydroxyl groups is 1. The number of nitrogens with zero attached hydrogens (tertiary/aromatic N) is 1. The maximum Gasteiger partial charge on any atom is 0.233 e. The van der Waals surface area contributed by atoms with E-state index in [-0.39, 0.29) is 30.2 Å². The van der Waals surface area contributed by atoms with Crippen molar-refractivity contribution < 1.29 is 24.2 Å². The number of amides is 2. The van der Waals surface area contributed by atoms with E-state index < -0.39 is 6.10 Å². The van der Waals surface area contributed by atoms with Crippen LogP contribution >= 0.6 is 0 Å². The number of likely N-dealkylation sites (tertiary alicyclic amines) is 1. The van der Waals surface area contributed by atoms with Gasteiger partial charge in [-0.25, -0.2) is 0 Å². The van der Waals surface area contributed by atoms with Crippen molar-refractivity contribution in [3.63, 3.8) is 0 Å². The SMILES string of the molecule is COc1ccc(C(O)CN2C(=O)C3CC3C2=O)c(OC)c1. The highest BCUT2D eigenvalue weighted by atomic mass is 16.5. The van der Waals surface area contributed by atoms with Crippen LogP contribution in [-0.2, 0) is 9.59 Å². The Morgan fingerprint density at radius 2 is 1.90 bits per heavy atom. The molecule has 3 unspecified atom stereocenters. The number of rotatable bonds is 5. The number of fused-ring (bicyclic) bond motifs is 1. The first-order chi connectivity index (χ1) is 10.1. The fourth-order valence-corrected chi connectivity index (χ4v) is 2.79. The van der Waals surface area contributed by atoms with Crippen LogP contribution < -0.4 is 9.47 Å². The van der Waals surface area contributed by atoms with Crippen molar-refractivity contribution in [1.29, 1.82) is 0 Å². The molecule has 1 N–H and O–H groups in total. The van der Waals surface area contributed by atoms with Crippen LogP contribution in [0.2, 0.25) is 0 Å². The highest BCUT2D eigenvalue weighted by Gasteiger charge is 2.58. The molecule has 2 fully saturated rings. The van der Waals surface area contributed by atoms with Gasteiger partial charge in [0.2, 0.25) is 11.8 Å². The molecule has 1 aromatic carbocycles. The quantitative estimate of drug-likeness (QED) is 0.810. The smallest absolute Gasteiger partial charge is 0.233 e. The summed E-state index contributed by atoms with van der Waals surface area (Å²) in [5.74, 6) is 0.432. The molecular formula is C15H17NO5. The van der Waals surface area contributed by atoms with E-state index in [1.807, 2.05) is 0 Å². The lowest BCUT2D eigenvalue weighted by molar-refractivity contribution is -0.143. The minimum absolute atomic E-state index is 0.0344. The van der Waals surface area contributed by atoms with E-state index in [0.717, 1.165) is 4.90 Å². The van der Waals surface area contributed by atoms with E-state index in [4.69, 9.17) is 9.47 Å². The zero-order valence-electron chi connectivity index (χ0n) is 11.9. The molecule has 1 heterocycles. The second-order valence-electron chi connectivity index (χ2n) is 5.36. The van der Waals surface area contributed by atoms with Crippen molar-refractivity contribution in [2.45, 2.75) is 12.5 Å². The minimum atomic E-state index is -0.976. The van der Waals surface area contributed by atoms with Crippen LogP contribution in [-0.4, -0.2) is 42.6 Å². The third-order valence-electron chi connectivity index (χ3n) is 4.11. The van der Waals surface area contributed by atoms with Crippen molar-refractivity contribution in [2.24, 2.45) is 11.8 Å². The maximum atomic E-state index is 11.9. The molecule has 1 saturated carbocycles. The summed E-state index contributed by atoms with van der Waals surface area (Å²) in [7, 11) is 3.03. The Bertz CT molecular complexity index is 580. The van der Waals surface area contributed by atoms with E-state index in [1.165, 1.54) is 7.11 Å². The molecule has 0 aromatic heterocycles. The highest BCUT2D eigenvalue weighted by Crippen LogP contribution is 2.47. The first kappa shape index (κ1) is 13.9. The summed E-state index contributed by atoms with van der Waals surface area (Å²) >= 11 is 0. The number of piperidine rings is 1. The number of carbonyl (C=O) groups is 2. The van der Waals surface area contributed by atoms with Crippen LogP contribution in [0.5, 0.6) is 11.5 Å². The molecule has 1 aliphatic carbocycles. The predicted molar refractivity (Wildman–Crippen MR) is 72.8 cm³/mol. The molecule has 1 aliphatic heterocycles. The lowest BCUT2D eigenvalue weighted by Gasteiger charge is -2.22. The number of β-amino-alcohol motifs (C(OH)–C–C–N with tert-alkyl or cyclic N) is 1. The summed E-state index contributed by atoms with van der Waals surface area (Å²) in [4.78, 5) is 25.0. The zero-order chi connectivity index (χ0) is 15.1. The number of ether oxygens (including phenoxy) is 2. The van der Waals surface area contributed by atoms with Gasteiger partial charge in [-0.15, -0.1) is 0 Å². The fourth-order valence-electron chi connectivity index (χ4n) is 2.79. The van der Waals surface area contributed by atoms with Crippen LogP contribution in [0.3, 0.4) is 0 Å². The molecule has 1 aromatic rings. The van der Waals surface area contributed by atoms with Crippen LogP contribution in [0.1, 0.15) is 18.1 Å². The van der Waals surface area contributed by atoms with Gasteiger partial charge in [0.05, 0.1) is 32.6 Å². The molecule has 3 rings (SSSR count). The Morgan fingerprint density at radius 1 is 1.24 bits per heavy atom. The molecule has 1 saturated heterocycles. The van der Waals surface area contributed by atoms with Crippen LogP contribution in [0.25, 0.3) is 0 Å². The van der Waals surface area contributed by atoms with Gasteiger partial charge in [0, 0.05) is 11.6 Å². The highest BCUT2D eigenvalue weighted by molar-refractivity contribution is 6.08. The lowest BCUT2D eigenvalue weighted by Crippen LogP contribution is -2.36. The second-order valence-corrected chi connectivity index (χ2v) is 5.36. The van der Waals surface area contributed by atoms with Crippen molar-refractivity contribution in [2.75, 3.05) is 20.8 Å². The molecule has 112 valence electrons. The molecule has 6 nitrogen and oxygen atoms in total. The first-order valence-electron chi connectivity index (χ1n) is 6.82. The lowest BCUT2D eigenvalue weighted by atomic mass is 10.1. The number of aliphatic hydroxyl groups excluding tert-OH is 1. The van der Waals surface area contributed by atoms with Gasteiger partial charge in [0.25, 0.3) is 0 Å². The Morgan fingerprint density at radius 3 is 2.48 bits per heavy atom. The third kappa shape index (κ3) is 2.25. The van der Waals surface area contributed by atoms with E-state index in [2.05, 4.69) is 0 Å². The molecule has 21 heavy (non-hydrogen) atoms. The Hall–Kier alpha value is -2.08. The average molecular weight is 291 g/mol. The van der Waals surface area contributed by atoms with E-state index in [9.17, 15) is 14.7 Å². The zero-order valence-corrected chi connectivity index (χ0v) is 11.9. The Balaban J connectivity index is 1.78. The number of benzene rings is 1.